The van der Waals surface area contributed by atoms with Crippen LogP contribution in [-0.2, 0) is 6.42 Å². The van der Waals surface area contributed by atoms with Crippen LogP contribution in [0.15, 0.2) is 41.8 Å². The van der Waals surface area contributed by atoms with E-state index in [-0.39, 0.29) is 6.04 Å². The maximum atomic E-state index is 6.16. The summed E-state index contributed by atoms with van der Waals surface area (Å²) in [6.45, 7) is 2.12. The minimum atomic E-state index is 0.171. The lowest BCUT2D eigenvalue weighted by Gasteiger charge is -2.09. The zero-order valence-electron chi connectivity index (χ0n) is 9.52. The highest BCUT2D eigenvalue weighted by Gasteiger charge is 2.07. The number of thiophene rings is 1. The van der Waals surface area contributed by atoms with Gasteiger partial charge in [-0.1, -0.05) is 30.3 Å². The normalized spacial score (nSPS) is 12.6. The maximum absolute atomic E-state index is 6.16. The second-order valence-corrected chi connectivity index (χ2v) is 5.24. The van der Waals surface area contributed by atoms with Gasteiger partial charge in [0, 0.05) is 10.9 Å². The fraction of sp³-hybridized carbons (Fsp3) is 0.286. The van der Waals surface area contributed by atoms with E-state index in [1.807, 2.05) is 6.07 Å². The molecule has 1 heterocycles. The summed E-state index contributed by atoms with van der Waals surface area (Å²) in [5, 5.41) is 2.17. The van der Waals surface area contributed by atoms with Gasteiger partial charge in [0.1, 0.15) is 0 Å². The first-order valence-corrected chi connectivity index (χ1v) is 6.48. The van der Waals surface area contributed by atoms with Gasteiger partial charge >= 0.3 is 0 Å². The molecular formula is C14H17NS. The third kappa shape index (κ3) is 2.94. The molecule has 0 aliphatic rings. The van der Waals surface area contributed by atoms with Gasteiger partial charge in [0.05, 0.1) is 0 Å². The third-order valence-electron chi connectivity index (χ3n) is 2.77. The molecule has 1 nitrogen and oxygen atoms in total. The van der Waals surface area contributed by atoms with Crippen molar-refractivity contribution in [2.75, 3.05) is 0 Å². The van der Waals surface area contributed by atoms with Crippen LogP contribution < -0.4 is 5.73 Å². The third-order valence-corrected chi connectivity index (χ3v) is 3.65. The van der Waals surface area contributed by atoms with Crippen LogP contribution in [0.25, 0.3) is 0 Å². The van der Waals surface area contributed by atoms with Gasteiger partial charge in [0.25, 0.3) is 0 Å². The summed E-state index contributed by atoms with van der Waals surface area (Å²) in [6, 6.07) is 12.9. The molecule has 2 aromatic rings. The van der Waals surface area contributed by atoms with E-state index in [0.29, 0.717) is 0 Å². The van der Waals surface area contributed by atoms with E-state index in [9.17, 15) is 0 Å². The van der Waals surface area contributed by atoms with Gasteiger partial charge < -0.3 is 5.73 Å². The van der Waals surface area contributed by atoms with Gasteiger partial charge in [-0.2, -0.15) is 0 Å². The first kappa shape index (κ1) is 11.4. The summed E-state index contributed by atoms with van der Waals surface area (Å²) in [7, 11) is 0. The SMILES string of the molecule is Cc1cc(C(N)CCc2ccccc2)cs1. The first-order chi connectivity index (χ1) is 7.75. The van der Waals surface area contributed by atoms with Crippen molar-refractivity contribution in [1.82, 2.24) is 0 Å². The van der Waals surface area contributed by atoms with Crippen LogP contribution >= 0.6 is 11.3 Å². The van der Waals surface area contributed by atoms with Crippen molar-refractivity contribution in [1.29, 1.82) is 0 Å². The lowest BCUT2D eigenvalue weighted by atomic mass is 10.0. The average Bonchev–Trinajstić information content (AvgIpc) is 2.74. The van der Waals surface area contributed by atoms with Crippen molar-refractivity contribution in [2.24, 2.45) is 5.73 Å². The molecule has 2 N–H and O–H groups in total. The van der Waals surface area contributed by atoms with Gasteiger partial charge in [0.2, 0.25) is 0 Å². The summed E-state index contributed by atoms with van der Waals surface area (Å²) >= 11 is 1.77. The van der Waals surface area contributed by atoms with Crippen molar-refractivity contribution in [3.05, 3.63) is 57.8 Å². The number of hydrogen-bond acceptors (Lipinski definition) is 2. The fourth-order valence-electron chi connectivity index (χ4n) is 1.79. The highest BCUT2D eigenvalue weighted by Crippen LogP contribution is 2.22. The van der Waals surface area contributed by atoms with Gasteiger partial charge in [-0.25, -0.2) is 0 Å². The van der Waals surface area contributed by atoms with E-state index >= 15 is 0 Å². The molecule has 1 unspecified atom stereocenters. The molecule has 2 heteroatoms. The molecule has 1 atom stereocenters. The van der Waals surface area contributed by atoms with Crippen LogP contribution in [0, 0.1) is 6.92 Å². The van der Waals surface area contributed by atoms with Crippen LogP contribution in [0.5, 0.6) is 0 Å². The largest absolute Gasteiger partial charge is 0.324 e. The minimum Gasteiger partial charge on any atom is -0.324 e. The topological polar surface area (TPSA) is 26.0 Å². The molecule has 2 rings (SSSR count). The molecule has 0 fully saturated rings. The number of rotatable bonds is 4. The summed E-state index contributed by atoms with van der Waals surface area (Å²) in [5.41, 5.74) is 8.80. The monoisotopic (exact) mass is 231 g/mol. The molecule has 84 valence electrons. The van der Waals surface area contributed by atoms with Crippen molar-refractivity contribution < 1.29 is 0 Å². The molecule has 0 radical (unpaired) electrons. The Morgan fingerprint density at radius 2 is 2.00 bits per heavy atom. The molecule has 1 aromatic heterocycles. The quantitative estimate of drug-likeness (QED) is 0.853. The molecule has 0 aliphatic carbocycles. The molecular weight excluding hydrogens is 214 g/mol. The Bertz CT molecular complexity index is 433. The first-order valence-electron chi connectivity index (χ1n) is 5.60. The van der Waals surface area contributed by atoms with E-state index in [1.165, 1.54) is 16.0 Å². The molecule has 1 aromatic carbocycles. The van der Waals surface area contributed by atoms with E-state index in [0.717, 1.165) is 12.8 Å². The Hall–Kier alpha value is -1.12. The Balaban J connectivity index is 1.91. The van der Waals surface area contributed by atoms with Crippen LogP contribution in [0.3, 0.4) is 0 Å². The van der Waals surface area contributed by atoms with Crippen LogP contribution in [0.2, 0.25) is 0 Å². The molecule has 16 heavy (non-hydrogen) atoms. The van der Waals surface area contributed by atoms with Gasteiger partial charge in [-0.3, -0.25) is 0 Å². The maximum Gasteiger partial charge on any atom is 0.0306 e. The Labute approximate surface area is 101 Å². The van der Waals surface area contributed by atoms with Gasteiger partial charge in [-0.05, 0) is 42.3 Å². The zero-order valence-corrected chi connectivity index (χ0v) is 10.3. The zero-order chi connectivity index (χ0) is 11.4. The number of benzene rings is 1. The van der Waals surface area contributed by atoms with Crippen molar-refractivity contribution >= 4 is 11.3 Å². The molecule has 0 bridgehead atoms. The van der Waals surface area contributed by atoms with Crippen LogP contribution in [-0.4, -0.2) is 0 Å². The molecule has 0 saturated carbocycles. The second-order valence-electron chi connectivity index (χ2n) is 4.12. The van der Waals surface area contributed by atoms with E-state index in [2.05, 4.69) is 42.6 Å². The van der Waals surface area contributed by atoms with E-state index in [4.69, 9.17) is 5.73 Å². The lowest BCUT2D eigenvalue weighted by Crippen LogP contribution is -2.10. The summed E-state index contributed by atoms with van der Waals surface area (Å²) in [6.07, 6.45) is 2.07. The highest BCUT2D eigenvalue weighted by molar-refractivity contribution is 7.10. The van der Waals surface area contributed by atoms with Gasteiger partial charge in [0.15, 0.2) is 0 Å². The van der Waals surface area contributed by atoms with Gasteiger partial charge in [-0.15, -0.1) is 11.3 Å². The van der Waals surface area contributed by atoms with Crippen molar-refractivity contribution in [2.45, 2.75) is 25.8 Å². The van der Waals surface area contributed by atoms with Crippen LogP contribution in [0.1, 0.15) is 28.5 Å². The Morgan fingerprint density at radius 3 is 2.62 bits per heavy atom. The highest BCUT2D eigenvalue weighted by atomic mass is 32.1. The van der Waals surface area contributed by atoms with E-state index in [1.54, 1.807) is 11.3 Å². The molecule has 0 saturated heterocycles. The molecule has 0 aliphatic heterocycles. The van der Waals surface area contributed by atoms with E-state index < -0.39 is 0 Å². The van der Waals surface area contributed by atoms with Crippen molar-refractivity contribution in [3.8, 4) is 0 Å². The fourth-order valence-corrected chi connectivity index (χ4v) is 2.56. The predicted molar refractivity (Wildman–Crippen MR) is 70.7 cm³/mol. The average molecular weight is 231 g/mol. The number of nitrogens with two attached hydrogens (primary N) is 1. The summed E-state index contributed by atoms with van der Waals surface area (Å²) < 4.78 is 0. The molecule has 0 amide bonds. The smallest absolute Gasteiger partial charge is 0.0306 e. The Morgan fingerprint density at radius 1 is 1.25 bits per heavy atom. The molecule has 0 spiro atoms. The second kappa shape index (κ2) is 5.28. The predicted octanol–water partition coefficient (Wildman–Crippen LogP) is 3.69. The number of aryl methyl sites for hydroxylation is 2. The summed E-state index contributed by atoms with van der Waals surface area (Å²) in [4.78, 5) is 1.34. The standard InChI is InChI=1S/C14H17NS/c1-11-9-13(10-16-11)14(15)8-7-12-5-3-2-4-6-12/h2-6,9-10,14H,7-8,15H2,1H3. The van der Waals surface area contributed by atoms with Crippen molar-refractivity contribution in [3.63, 3.8) is 0 Å². The number of hydrogen-bond donors (Lipinski definition) is 1. The lowest BCUT2D eigenvalue weighted by molar-refractivity contribution is 0.653. The summed E-state index contributed by atoms with van der Waals surface area (Å²) in [5.74, 6) is 0. The minimum absolute atomic E-state index is 0.171. The Kier molecular flexibility index (Phi) is 3.75. The van der Waals surface area contributed by atoms with Crippen LogP contribution in [0.4, 0.5) is 0 Å².